The zero-order chi connectivity index (χ0) is 22.0. The summed E-state index contributed by atoms with van der Waals surface area (Å²) in [7, 11) is 0. The minimum Gasteiger partial charge on any atom is -0.322 e. The molecule has 3 aliphatic heterocycles. The van der Waals surface area contributed by atoms with Gasteiger partial charge in [-0.3, -0.25) is 19.7 Å². The Hall–Kier alpha value is -2.46. The first-order valence-corrected chi connectivity index (χ1v) is 10.4. The van der Waals surface area contributed by atoms with Crippen LogP contribution in [-0.2, 0) is 22.7 Å². The fourth-order valence-electron chi connectivity index (χ4n) is 5.58. The van der Waals surface area contributed by atoms with Crippen molar-refractivity contribution in [1.82, 2.24) is 20.9 Å². The number of carbonyl (C=O) groups is 3. The zero-order valence-electron chi connectivity index (χ0n) is 16.8. The number of rotatable bonds is 5. The zero-order valence-corrected chi connectivity index (χ0v) is 16.8. The van der Waals surface area contributed by atoms with Crippen molar-refractivity contribution in [2.24, 2.45) is 10.8 Å². The molecule has 2 saturated heterocycles. The fourth-order valence-corrected chi connectivity index (χ4v) is 5.58. The number of piperidine rings is 2. The lowest BCUT2D eigenvalue weighted by Crippen LogP contribution is -2.52. The highest BCUT2D eigenvalue weighted by Crippen LogP contribution is 2.72. The lowest BCUT2D eigenvalue weighted by molar-refractivity contribution is -0.190. The molecule has 7 nitrogen and oxygen atoms in total. The van der Waals surface area contributed by atoms with Crippen LogP contribution in [0.4, 0.5) is 13.2 Å². The maximum Gasteiger partial charge on any atom is 0.396 e. The molecule has 3 fully saturated rings. The van der Waals surface area contributed by atoms with Crippen LogP contribution in [-0.4, -0.2) is 54.5 Å². The van der Waals surface area contributed by atoms with Gasteiger partial charge in [-0.2, -0.15) is 13.2 Å². The van der Waals surface area contributed by atoms with Gasteiger partial charge >= 0.3 is 6.18 Å². The molecule has 31 heavy (non-hydrogen) atoms. The summed E-state index contributed by atoms with van der Waals surface area (Å²) in [5, 5.41) is 8.34. The van der Waals surface area contributed by atoms with E-state index in [2.05, 4.69) is 16.0 Å². The molecule has 1 aromatic rings. The first-order chi connectivity index (χ1) is 14.7. The predicted octanol–water partition coefficient (Wildman–Crippen LogP) is 1.08. The van der Waals surface area contributed by atoms with Gasteiger partial charge in [-0.05, 0) is 30.0 Å². The van der Waals surface area contributed by atoms with Gasteiger partial charge in [0.1, 0.15) is 6.04 Å². The van der Waals surface area contributed by atoms with Crippen LogP contribution in [0.25, 0.3) is 0 Å². The molecular formula is C21H23F3N4O3. The van der Waals surface area contributed by atoms with E-state index in [1.807, 2.05) is 6.07 Å². The molecule has 5 rings (SSSR count). The highest BCUT2D eigenvalue weighted by atomic mass is 19.4. The number of halogens is 3. The Morgan fingerprint density at radius 2 is 2.00 bits per heavy atom. The summed E-state index contributed by atoms with van der Waals surface area (Å²) in [6, 6.07) is 4.60. The maximum atomic E-state index is 13.5. The molecule has 3 amide bonds. The second kappa shape index (κ2) is 6.77. The third kappa shape index (κ3) is 2.99. The second-order valence-electron chi connectivity index (χ2n) is 9.09. The molecule has 3 N–H and O–H groups in total. The van der Waals surface area contributed by atoms with Crippen LogP contribution in [0.3, 0.4) is 0 Å². The van der Waals surface area contributed by atoms with E-state index < -0.39 is 29.0 Å². The highest BCUT2D eigenvalue weighted by Gasteiger charge is 2.81. The van der Waals surface area contributed by atoms with Gasteiger partial charge in [0.05, 0.1) is 5.41 Å². The topological polar surface area (TPSA) is 90.5 Å². The summed E-state index contributed by atoms with van der Waals surface area (Å²) in [5.41, 5.74) is -0.325. The van der Waals surface area contributed by atoms with Crippen molar-refractivity contribution < 1.29 is 27.6 Å². The Balaban J connectivity index is 1.27. The number of carbonyl (C=O) groups excluding carboxylic acids is 3. The predicted molar refractivity (Wildman–Crippen MR) is 103 cm³/mol. The van der Waals surface area contributed by atoms with E-state index in [1.165, 1.54) is 4.90 Å². The quantitative estimate of drug-likeness (QED) is 0.601. The average molecular weight is 436 g/mol. The summed E-state index contributed by atoms with van der Waals surface area (Å²) in [6.07, 6.45) is -3.62. The number of amides is 3. The molecule has 3 atom stereocenters. The van der Waals surface area contributed by atoms with Crippen molar-refractivity contribution in [3.05, 3.63) is 34.9 Å². The van der Waals surface area contributed by atoms with Crippen molar-refractivity contribution >= 4 is 17.7 Å². The van der Waals surface area contributed by atoms with Crippen LogP contribution < -0.4 is 16.0 Å². The van der Waals surface area contributed by atoms with Crippen LogP contribution in [0.1, 0.15) is 40.7 Å². The van der Waals surface area contributed by atoms with E-state index in [9.17, 15) is 27.6 Å². The van der Waals surface area contributed by atoms with Crippen LogP contribution in [0, 0.1) is 10.8 Å². The van der Waals surface area contributed by atoms with E-state index in [1.54, 1.807) is 12.1 Å². The molecule has 166 valence electrons. The minimum atomic E-state index is -4.22. The number of nitrogens with zero attached hydrogens (tertiary/aromatic N) is 1. The molecule has 3 heterocycles. The van der Waals surface area contributed by atoms with Crippen molar-refractivity contribution in [3.8, 4) is 0 Å². The molecule has 0 radical (unpaired) electrons. The number of benzene rings is 1. The molecule has 1 saturated carbocycles. The van der Waals surface area contributed by atoms with Gasteiger partial charge in [0.15, 0.2) is 0 Å². The van der Waals surface area contributed by atoms with E-state index in [4.69, 9.17) is 0 Å². The molecule has 0 bridgehead atoms. The molecule has 1 unspecified atom stereocenters. The van der Waals surface area contributed by atoms with Gasteiger partial charge in [-0.25, -0.2) is 0 Å². The standard InChI is InChI=1S/C21H23F3N4O3/c22-21(23,24)20-8-19(20,10-26-11-20)9-25-6-12-2-1-3-13-14(12)7-28(18(13)31)15-4-5-16(29)27-17(15)30/h1-3,15,25-26H,4-11H2,(H,27,29,30)/t15?,19-,20+/m1/s1. The highest BCUT2D eigenvalue weighted by molar-refractivity contribution is 6.05. The third-order valence-corrected chi connectivity index (χ3v) is 7.42. The van der Waals surface area contributed by atoms with E-state index >= 15 is 0 Å². The Labute approximate surface area is 176 Å². The SMILES string of the molecule is O=C1CCC(N2Cc3c(CNC[C@]45CNC[C@@]4(C(F)(F)F)C5)cccc3C2=O)C(=O)N1. The lowest BCUT2D eigenvalue weighted by Gasteiger charge is -2.29. The molecular weight excluding hydrogens is 413 g/mol. The van der Waals surface area contributed by atoms with Gasteiger partial charge in [-0.1, -0.05) is 12.1 Å². The van der Waals surface area contributed by atoms with Crippen LogP contribution >= 0.6 is 0 Å². The van der Waals surface area contributed by atoms with Gasteiger partial charge in [0, 0.05) is 50.1 Å². The van der Waals surface area contributed by atoms with E-state index in [0.717, 1.165) is 11.1 Å². The fraction of sp³-hybridized carbons (Fsp3) is 0.571. The Morgan fingerprint density at radius 3 is 2.71 bits per heavy atom. The van der Waals surface area contributed by atoms with Crippen molar-refractivity contribution in [2.75, 3.05) is 19.6 Å². The number of hydrogen-bond acceptors (Lipinski definition) is 5. The number of fused-ring (bicyclic) bond motifs is 2. The maximum absolute atomic E-state index is 13.5. The van der Waals surface area contributed by atoms with Gasteiger partial charge in [0.25, 0.3) is 5.91 Å². The van der Waals surface area contributed by atoms with Crippen molar-refractivity contribution in [1.29, 1.82) is 0 Å². The largest absolute Gasteiger partial charge is 0.396 e. The van der Waals surface area contributed by atoms with E-state index in [-0.39, 0.29) is 50.7 Å². The minimum absolute atomic E-state index is 0.0334. The van der Waals surface area contributed by atoms with E-state index in [0.29, 0.717) is 18.7 Å². The second-order valence-corrected chi connectivity index (χ2v) is 9.09. The first-order valence-electron chi connectivity index (χ1n) is 10.4. The Bertz CT molecular complexity index is 981. The summed E-state index contributed by atoms with van der Waals surface area (Å²) in [5.74, 6) is -1.07. The van der Waals surface area contributed by atoms with Crippen LogP contribution in [0.2, 0.25) is 0 Å². The summed E-state index contributed by atoms with van der Waals surface area (Å²) in [4.78, 5) is 38.0. The van der Waals surface area contributed by atoms with Crippen LogP contribution in [0.5, 0.6) is 0 Å². The van der Waals surface area contributed by atoms with Crippen LogP contribution in [0.15, 0.2) is 18.2 Å². The molecule has 10 heteroatoms. The molecule has 1 aromatic carbocycles. The Morgan fingerprint density at radius 1 is 1.19 bits per heavy atom. The number of nitrogens with one attached hydrogen (secondary N) is 3. The number of hydrogen-bond donors (Lipinski definition) is 3. The summed E-state index contributed by atoms with van der Waals surface area (Å²) in [6.45, 7) is 1.14. The first kappa shape index (κ1) is 20.4. The number of alkyl halides is 3. The molecule has 4 aliphatic rings. The smallest absolute Gasteiger partial charge is 0.322 e. The normalized spacial score (nSPS) is 32.2. The molecule has 1 aliphatic carbocycles. The average Bonchev–Trinajstić information content (AvgIpc) is 3.02. The van der Waals surface area contributed by atoms with Crippen molar-refractivity contribution in [3.63, 3.8) is 0 Å². The van der Waals surface area contributed by atoms with Gasteiger partial charge in [0.2, 0.25) is 11.8 Å². The summed E-state index contributed by atoms with van der Waals surface area (Å²) >= 11 is 0. The lowest BCUT2D eigenvalue weighted by atomic mass is 9.95. The number of imide groups is 1. The summed E-state index contributed by atoms with van der Waals surface area (Å²) < 4.78 is 40.5. The third-order valence-electron chi connectivity index (χ3n) is 7.42. The molecule has 0 spiro atoms. The van der Waals surface area contributed by atoms with Gasteiger partial charge in [-0.15, -0.1) is 0 Å². The molecule has 0 aromatic heterocycles. The Kier molecular flexibility index (Phi) is 4.46. The monoisotopic (exact) mass is 436 g/mol. The van der Waals surface area contributed by atoms with Gasteiger partial charge < -0.3 is 15.5 Å². The van der Waals surface area contributed by atoms with Crippen molar-refractivity contribution in [2.45, 2.75) is 44.6 Å².